The first kappa shape index (κ1) is 21.2. The molecule has 0 radical (unpaired) electrons. The van der Waals surface area contributed by atoms with Gasteiger partial charge in [-0.15, -0.1) is 0 Å². The van der Waals surface area contributed by atoms with Crippen molar-refractivity contribution in [3.05, 3.63) is 58.7 Å². The summed E-state index contributed by atoms with van der Waals surface area (Å²) >= 11 is 7.62. The van der Waals surface area contributed by atoms with Crippen molar-refractivity contribution in [3.63, 3.8) is 0 Å². The number of hydrogen-bond donors (Lipinski definition) is 2. The van der Waals surface area contributed by atoms with Crippen molar-refractivity contribution in [1.29, 1.82) is 0 Å². The Morgan fingerprint density at radius 2 is 1.87 bits per heavy atom. The van der Waals surface area contributed by atoms with Crippen molar-refractivity contribution in [2.45, 2.75) is 16.7 Å². The summed E-state index contributed by atoms with van der Waals surface area (Å²) in [5.74, 6) is -0.0607. The molecular weight excluding hydrogens is 416 g/mol. The highest BCUT2D eigenvalue weighted by atomic mass is 35.5. The van der Waals surface area contributed by atoms with Gasteiger partial charge in [-0.3, -0.25) is 9.69 Å². The normalized spacial score (nSPS) is 15.6. The van der Waals surface area contributed by atoms with E-state index in [1.165, 1.54) is 0 Å². The van der Waals surface area contributed by atoms with Crippen molar-refractivity contribution in [2.75, 3.05) is 46.3 Å². The van der Waals surface area contributed by atoms with E-state index in [9.17, 15) is 4.79 Å². The second-order valence-corrected chi connectivity index (χ2v) is 9.36. The number of aryl methyl sites for hydroxylation is 1. The van der Waals surface area contributed by atoms with Crippen LogP contribution < -0.4 is 5.32 Å². The summed E-state index contributed by atoms with van der Waals surface area (Å²) in [5, 5.41) is 4.87. The number of aromatic nitrogens is 1. The smallest absolute Gasteiger partial charge is 0.268 e. The van der Waals surface area contributed by atoms with Crippen molar-refractivity contribution >= 4 is 40.2 Å². The highest BCUT2D eigenvalue weighted by molar-refractivity contribution is 7.99. The molecule has 0 saturated carbocycles. The zero-order chi connectivity index (χ0) is 21.1. The standard InChI is InChI=1S/C23H27ClN4OS/c1-16-3-8-19-20(15-16)26-21(22(19)30-18-6-4-17(24)5-7-18)23(29)25-9-10-28-13-11-27(2)12-14-28/h3-8,15,26H,9-14H2,1-2H3,(H,25,29). The molecule has 0 spiro atoms. The number of H-pyrrole nitrogens is 1. The number of carbonyl (C=O) groups excluding carboxylic acids is 1. The van der Waals surface area contributed by atoms with E-state index in [-0.39, 0.29) is 5.91 Å². The second kappa shape index (κ2) is 9.43. The first-order valence-corrected chi connectivity index (χ1v) is 11.4. The highest BCUT2D eigenvalue weighted by Gasteiger charge is 2.20. The number of carbonyl (C=O) groups is 1. The summed E-state index contributed by atoms with van der Waals surface area (Å²) in [6, 6.07) is 14.0. The largest absolute Gasteiger partial charge is 0.350 e. The summed E-state index contributed by atoms with van der Waals surface area (Å²) in [4.78, 5) is 23.1. The van der Waals surface area contributed by atoms with E-state index in [0.29, 0.717) is 17.3 Å². The summed E-state index contributed by atoms with van der Waals surface area (Å²) in [7, 11) is 2.15. The average Bonchev–Trinajstić information content (AvgIpc) is 3.08. The van der Waals surface area contributed by atoms with Crippen LogP contribution in [0.4, 0.5) is 0 Å². The number of nitrogens with zero attached hydrogens (tertiary/aromatic N) is 2. The number of fused-ring (bicyclic) bond motifs is 1. The number of hydrogen-bond acceptors (Lipinski definition) is 4. The minimum atomic E-state index is -0.0607. The maximum absolute atomic E-state index is 13.1. The number of nitrogens with one attached hydrogen (secondary N) is 2. The van der Waals surface area contributed by atoms with Gasteiger partial charge in [-0.05, 0) is 49.9 Å². The third-order valence-corrected chi connectivity index (χ3v) is 6.86. The van der Waals surface area contributed by atoms with Crippen LogP contribution in [0.5, 0.6) is 0 Å². The molecule has 3 aromatic rings. The second-order valence-electron chi connectivity index (χ2n) is 7.83. The van der Waals surface area contributed by atoms with Gasteiger partial charge in [0.1, 0.15) is 5.69 Å². The van der Waals surface area contributed by atoms with Crippen LogP contribution in [0.1, 0.15) is 16.1 Å². The van der Waals surface area contributed by atoms with Gasteiger partial charge in [0.25, 0.3) is 5.91 Å². The molecule has 0 bridgehead atoms. The van der Waals surface area contributed by atoms with Gasteiger partial charge in [0.05, 0.1) is 4.90 Å². The molecule has 2 heterocycles. The Hall–Kier alpha value is -1.99. The Bertz CT molecular complexity index is 1030. The SMILES string of the molecule is Cc1ccc2c(Sc3ccc(Cl)cc3)c(C(=O)NCCN3CCN(C)CC3)[nH]c2c1. The fraction of sp³-hybridized carbons (Fsp3) is 0.348. The molecule has 1 saturated heterocycles. The minimum absolute atomic E-state index is 0.0607. The number of halogens is 1. The lowest BCUT2D eigenvalue weighted by atomic mass is 10.2. The Morgan fingerprint density at radius 1 is 1.13 bits per heavy atom. The topological polar surface area (TPSA) is 51.4 Å². The van der Waals surface area contributed by atoms with Crippen LogP contribution in [0.3, 0.4) is 0 Å². The summed E-state index contributed by atoms with van der Waals surface area (Å²) in [6.07, 6.45) is 0. The fourth-order valence-corrected chi connectivity index (χ4v) is 4.83. The van der Waals surface area contributed by atoms with E-state index < -0.39 is 0 Å². The van der Waals surface area contributed by atoms with Crippen molar-refractivity contribution in [3.8, 4) is 0 Å². The molecule has 1 amide bonds. The Kier molecular flexibility index (Phi) is 6.68. The lowest BCUT2D eigenvalue weighted by Crippen LogP contribution is -2.46. The fourth-order valence-electron chi connectivity index (χ4n) is 3.66. The van der Waals surface area contributed by atoms with E-state index in [2.05, 4.69) is 52.3 Å². The number of rotatable bonds is 6. The molecule has 4 rings (SSSR count). The molecule has 1 aliphatic heterocycles. The van der Waals surface area contributed by atoms with Gasteiger partial charge < -0.3 is 15.2 Å². The van der Waals surface area contributed by atoms with Crippen LogP contribution in [0.15, 0.2) is 52.3 Å². The third kappa shape index (κ3) is 5.01. The van der Waals surface area contributed by atoms with Crippen LogP contribution in [-0.2, 0) is 0 Å². The molecule has 2 aromatic carbocycles. The molecule has 1 aliphatic rings. The predicted octanol–water partition coefficient (Wildman–Crippen LogP) is 4.26. The van der Waals surface area contributed by atoms with Gasteiger partial charge in [0, 0.05) is 60.1 Å². The highest BCUT2D eigenvalue weighted by Crippen LogP contribution is 2.37. The van der Waals surface area contributed by atoms with Gasteiger partial charge >= 0.3 is 0 Å². The summed E-state index contributed by atoms with van der Waals surface area (Å²) in [5.41, 5.74) is 2.76. The quantitative estimate of drug-likeness (QED) is 0.599. The van der Waals surface area contributed by atoms with Crippen LogP contribution >= 0.6 is 23.4 Å². The number of amides is 1. The number of likely N-dealkylation sites (N-methyl/N-ethyl adjacent to an activating group) is 1. The van der Waals surface area contributed by atoms with Crippen LogP contribution in [0, 0.1) is 6.92 Å². The zero-order valence-corrected chi connectivity index (χ0v) is 18.9. The average molecular weight is 443 g/mol. The van der Waals surface area contributed by atoms with Crippen molar-refractivity contribution in [1.82, 2.24) is 20.1 Å². The Morgan fingerprint density at radius 3 is 2.60 bits per heavy atom. The molecule has 0 unspecified atom stereocenters. The van der Waals surface area contributed by atoms with Crippen LogP contribution in [0.25, 0.3) is 10.9 Å². The van der Waals surface area contributed by atoms with E-state index in [4.69, 9.17) is 11.6 Å². The minimum Gasteiger partial charge on any atom is -0.350 e. The maximum Gasteiger partial charge on any atom is 0.268 e. The molecule has 0 atom stereocenters. The zero-order valence-electron chi connectivity index (χ0n) is 17.4. The van der Waals surface area contributed by atoms with Crippen LogP contribution in [-0.4, -0.2) is 67.0 Å². The van der Waals surface area contributed by atoms with Gasteiger partial charge in [0.15, 0.2) is 0 Å². The van der Waals surface area contributed by atoms with E-state index in [0.717, 1.165) is 59.0 Å². The Balaban J connectivity index is 1.51. The summed E-state index contributed by atoms with van der Waals surface area (Å²) < 4.78 is 0. The van der Waals surface area contributed by atoms with Crippen molar-refractivity contribution < 1.29 is 4.79 Å². The molecular formula is C23H27ClN4OS. The number of benzene rings is 2. The molecule has 1 aromatic heterocycles. The Labute approximate surface area is 186 Å². The monoisotopic (exact) mass is 442 g/mol. The molecule has 158 valence electrons. The molecule has 0 aliphatic carbocycles. The lowest BCUT2D eigenvalue weighted by molar-refractivity contribution is 0.0934. The number of aromatic amines is 1. The van der Waals surface area contributed by atoms with E-state index in [1.807, 2.05) is 24.3 Å². The van der Waals surface area contributed by atoms with Crippen molar-refractivity contribution in [2.24, 2.45) is 0 Å². The van der Waals surface area contributed by atoms with E-state index >= 15 is 0 Å². The first-order chi connectivity index (χ1) is 14.5. The third-order valence-electron chi connectivity index (χ3n) is 5.48. The van der Waals surface area contributed by atoms with Gasteiger partial charge in [-0.2, -0.15) is 0 Å². The van der Waals surface area contributed by atoms with E-state index in [1.54, 1.807) is 11.8 Å². The molecule has 7 heteroatoms. The molecule has 30 heavy (non-hydrogen) atoms. The number of piperazine rings is 1. The first-order valence-electron chi connectivity index (χ1n) is 10.2. The summed E-state index contributed by atoms with van der Waals surface area (Å²) in [6.45, 7) is 7.84. The molecule has 5 nitrogen and oxygen atoms in total. The van der Waals surface area contributed by atoms with Gasteiger partial charge in [-0.25, -0.2) is 0 Å². The van der Waals surface area contributed by atoms with Gasteiger partial charge in [-0.1, -0.05) is 35.5 Å². The molecule has 2 N–H and O–H groups in total. The molecule has 1 fully saturated rings. The maximum atomic E-state index is 13.1. The predicted molar refractivity (Wildman–Crippen MR) is 125 cm³/mol. The lowest BCUT2D eigenvalue weighted by Gasteiger charge is -2.32. The van der Waals surface area contributed by atoms with Gasteiger partial charge in [0.2, 0.25) is 0 Å². The van der Waals surface area contributed by atoms with Crippen LogP contribution in [0.2, 0.25) is 5.02 Å².